The van der Waals surface area contributed by atoms with Crippen molar-refractivity contribution in [2.45, 2.75) is 13.0 Å². The fourth-order valence-electron chi connectivity index (χ4n) is 1.67. The molecule has 1 heterocycles. The Morgan fingerprint density at radius 3 is 2.29 bits per heavy atom. The topological polar surface area (TPSA) is 34.1 Å². The zero-order chi connectivity index (χ0) is 12.1. The quantitative estimate of drug-likeness (QED) is 0.872. The molecule has 1 aromatic heterocycles. The molecule has 0 unspecified atom stereocenters. The maximum absolute atomic E-state index is 5.12. The van der Waals surface area contributed by atoms with Crippen LogP contribution < -0.4 is 10.1 Å². The Bertz CT molecular complexity index is 453. The van der Waals surface area contributed by atoms with E-state index in [0.717, 1.165) is 11.4 Å². The minimum Gasteiger partial charge on any atom is -0.497 e. The van der Waals surface area contributed by atoms with Crippen LogP contribution >= 0.6 is 0 Å². The van der Waals surface area contributed by atoms with Gasteiger partial charge >= 0.3 is 0 Å². The van der Waals surface area contributed by atoms with Crippen LogP contribution in [0, 0.1) is 0 Å². The number of nitrogens with one attached hydrogen (secondary N) is 1. The molecule has 1 aromatic carbocycles. The number of pyridine rings is 1. The highest BCUT2D eigenvalue weighted by Gasteiger charge is 2.04. The van der Waals surface area contributed by atoms with Crippen LogP contribution in [0.1, 0.15) is 18.5 Å². The van der Waals surface area contributed by atoms with E-state index >= 15 is 0 Å². The maximum atomic E-state index is 5.12. The second-order valence-electron chi connectivity index (χ2n) is 3.88. The maximum Gasteiger partial charge on any atom is 0.119 e. The van der Waals surface area contributed by atoms with Crippen LogP contribution in [0.5, 0.6) is 5.75 Å². The summed E-state index contributed by atoms with van der Waals surface area (Å²) in [6.45, 7) is 2.12. The molecule has 17 heavy (non-hydrogen) atoms. The number of rotatable bonds is 4. The Balaban J connectivity index is 2.05. The zero-order valence-corrected chi connectivity index (χ0v) is 10.1. The van der Waals surface area contributed by atoms with Crippen molar-refractivity contribution < 1.29 is 4.74 Å². The SMILES string of the molecule is COc1ccc(N[C@@H](C)c2ccncc2)cc1. The minimum atomic E-state index is 0.256. The van der Waals surface area contributed by atoms with Crippen LogP contribution in [0.4, 0.5) is 5.69 Å². The standard InChI is InChI=1S/C14H16N2O/c1-11(12-7-9-15-10-8-12)16-13-3-5-14(17-2)6-4-13/h3-11,16H,1-2H3/t11-/m0/s1. The minimum absolute atomic E-state index is 0.256. The van der Waals surface area contributed by atoms with Crippen molar-refractivity contribution in [3.05, 3.63) is 54.4 Å². The van der Waals surface area contributed by atoms with E-state index in [1.54, 1.807) is 7.11 Å². The van der Waals surface area contributed by atoms with Crippen LogP contribution in [0.2, 0.25) is 0 Å². The molecule has 2 aromatic rings. The van der Waals surface area contributed by atoms with Gasteiger partial charge in [-0.15, -0.1) is 0 Å². The summed E-state index contributed by atoms with van der Waals surface area (Å²) >= 11 is 0. The first-order valence-corrected chi connectivity index (χ1v) is 5.60. The molecule has 1 atom stereocenters. The summed E-state index contributed by atoms with van der Waals surface area (Å²) in [4.78, 5) is 4.01. The molecule has 0 aliphatic rings. The molecule has 0 aliphatic carbocycles. The van der Waals surface area contributed by atoms with E-state index in [1.807, 2.05) is 48.8 Å². The van der Waals surface area contributed by atoms with Gasteiger partial charge in [0.1, 0.15) is 5.75 Å². The van der Waals surface area contributed by atoms with Crippen molar-refractivity contribution in [1.82, 2.24) is 4.98 Å². The number of aromatic nitrogens is 1. The van der Waals surface area contributed by atoms with E-state index in [4.69, 9.17) is 4.74 Å². The smallest absolute Gasteiger partial charge is 0.119 e. The summed E-state index contributed by atoms with van der Waals surface area (Å²) < 4.78 is 5.12. The van der Waals surface area contributed by atoms with Gasteiger partial charge in [-0.3, -0.25) is 4.98 Å². The first-order chi connectivity index (χ1) is 8.29. The molecule has 2 rings (SSSR count). The van der Waals surface area contributed by atoms with Crippen molar-refractivity contribution in [3.63, 3.8) is 0 Å². The van der Waals surface area contributed by atoms with Gasteiger partial charge in [0.15, 0.2) is 0 Å². The zero-order valence-electron chi connectivity index (χ0n) is 10.1. The highest BCUT2D eigenvalue weighted by atomic mass is 16.5. The number of hydrogen-bond acceptors (Lipinski definition) is 3. The Morgan fingerprint density at radius 2 is 1.71 bits per heavy atom. The van der Waals surface area contributed by atoms with E-state index in [-0.39, 0.29) is 6.04 Å². The highest BCUT2D eigenvalue weighted by molar-refractivity contribution is 5.48. The summed E-state index contributed by atoms with van der Waals surface area (Å²) in [5.41, 5.74) is 2.30. The first kappa shape index (κ1) is 11.5. The van der Waals surface area contributed by atoms with Crippen LogP contribution in [0.15, 0.2) is 48.8 Å². The van der Waals surface area contributed by atoms with Gasteiger partial charge in [-0.05, 0) is 48.9 Å². The number of ether oxygens (including phenoxy) is 1. The molecule has 0 aliphatic heterocycles. The predicted octanol–water partition coefficient (Wildman–Crippen LogP) is 3.26. The molecular weight excluding hydrogens is 212 g/mol. The first-order valence-electron chi connectivity index (χ1n) is 5.60. The fraction of sp³-hybridized carbons (Fsp3) is 0.214. The number of methoxy groups -OCH3 is 1. The lowest BCUT2D eigenvalue weighted by Gasteiger charge is -2.15. The molecule has 3 nitrogen and oxygen atoms in total. The predicted molar refractivity (Wildman–Crippen MR) is 69.3 cm³/mol. The van der Waals surface area contributed by atoms with Gasteiger partial charge in [0.25, 0.3) is 0 Å². The highest BCUT2D eigenvalue weighted by Crippen LogP contribution is 2.20. The van der Waals surface area contributed by atoms with Crippen LogP contribution in [0.25, 0.3) is 0 Å². The van der Waals surface area contributed by atoms with E-state index in [1.165, 1.54) is 5.56 Å². The summed E-state index contributed by atoms with van der Waals surface area (Å²) in [7, 11) is 1.67. The molecule has 0 saturated heterocycles. The third-order valence-electron chi connectivity index (χ3n) is 2.68. The fourth-order valence-corrected chi connectivity index (χ4v) is 1.67. The van der Waals surface area contributed by atoms with Crippen molar-refractivity contribution in [1.29, 1.82) is 0 Å². The molecule has 0 amide bonds. The second kappa shape index (κ2) is 5.34. The van der Waals surface area contributed by atoms with Crippen LogP contribution in [-0.4, -0.2) is 12.1 Å². The molecule has 1 N–H and O–H groups in total. The molecule has 0 saturated carbocycles. The van der Waals surface area contributed by atoms with Crippen molar-refractivity contribution >= 4 is 5.69 Å². The lowest BCUT2D eigenvalue weighted by atomic mass is 10.1. The molecule has 3 heteroatoms. The Hall–Kier alpha value is -2.03. The van der Waals surface area contributed by atoms with E-state index < -0.39 is 0 Å². The molecule has 0 bridgehead atoms. The van der Waals surface area contributed by atoms with Crippen LogP contribution in [-0.2, 0) is 0 Å². The number of hydrogen-bond donors (Lipinski definition) is 1. The number of anilines is 1. The van der Waals surface area contributed by atoms with Gasteiger partial charge in [0, 0.05) is 24.1 Å². The molecule has 0 radical (unpaired) electrons. The Morgan fingerprint density at radius 1 is 1.06 bits per heavy atom. The number of benzene rings is 1. The van der Waals surface area contributed by atoms with Crippen LogP contribution in [0.3, 0.4) is 0 Å². The summed E-state index contributed by atoms with van der Waals surface area (Å²) in [5, 5.41) is 3.43. The van der Waals surface area contributed by atoms with Gasteiger partial charge in [0.2, 0.25) is 0 Å². The van der Waals surface area contributed by atoms with E-state index in [9.17, 15) is 0 Å². The van der Waals surface area contributed by atoms with E-state index in [0.29, 0.717) is 0 Å². The van der Waals surface area contributed by atoms with Crippen molar-refractivity contribution in [3.8, 4) is 5.75 Å². The monoisotopic (exact) mass is 228 g/mol. The lowest BCUT2D eigenvalue weighted by Crippen LogP contribution is -2.06. The summed E-state index contributed by atoms with van der Waals surface area (Å²) in [6.07, 6.45) is 3.61. The van der Waals surface area contributed by atoms with Gasteiger partial charge in [0.05, 0.1) is 7.11 Å². The molecular formula is C14H16N2O. The molecule has 0 spiro atoms. The van der Waals surface area contributed by atoms with E-state index in [2.05, 4.69) is 17.2 Å². The molecule has 88 valence electrons. The van der Waals surface area contributed by atoms with Gasteiger partial charge in [-0.2, -0.15) is 0 Å². The van der Waals surface area contributed by atoms with Crippen molar-refractivity contribution in [2.75, 3.05) is 12.4 Å². The third kappa shape index (κ3) is 2.97. The van der Waals surface area contributed by atoms with Gasteiger partial charge in [-0.25, -0.2) is 0 Å². The van der Waals surface area contributed by atoms with Crippen molar-refractivity contribution in [2.24, 2.45) is 0 Å². The Kier molecular flexibility index (Phi) is 3.60. The second-order valence-corrected chi connectivity index (χ2v) is 3.88. The molecule has 0 fully saturated rings. The van der Waals surface area contributed by atoms with Gasteiger partial charge < -0.3 is 10.1 Å². The third-order valence-corrected chi connectivity index (χ3v) is 2.68. The summed E-state index contributed by atoms with van der Waals surface area (Å²) in [6, 6.07) is 12.2. The summed E-state index contributed by atoms with van der Waals surface area (Å²) in [5.74, 6) is 0.868. The number of nitrogens with zero attached hydrogens (tertiary/aromatic N) is 1. The average Bonchev–Trinajstić information content (AvgIpc) is 2.40. The lowest BCUT2D eigenvalue weighted by molar-refractivity contribution is 0.415. The van der Waals surface area contributed by atoms with Gasteiger partial charge in [-0.1, -0.05) is 0 Å². The Labute approximate surface area is 101 Å². The average molecular weight is 228 g/mol. The largest absolute Gasteiger partial charge is 0.497 e. The normalized spacial score (nSPS) is 11.9.